The van der Waals surface area contributed by atoms with Gasteiger partial charge in [0.2, 0.25) is 0 Å². The average Bonchev–Trinajstić information content (AvgIpc) is 2.46. The van der Waals surface area contributed by atoms with E-state index in [1.807, 2.05) is 30.3 Å². The van der Waals surface area contributed by atoms with Crippen molar-refractivity contribution in [1.82, 2.24) is 0 Å². The SMILES string of the molecule is O=C(CC1CCOc2ccccc21)c1cc(Cl)cc(Br)c1. The zero-order valence-corrected chi connectivity index (χ0v) is 13.7. The quantitative estimate of drug-likeness (QED) is 0.695. The highest BCUT2D eigenvalue weighted by Gasteiger charge is 2.24. The van der Waals surface area contributed by atoms with Crippen molar-refractivity contribution in [1.29, 1.82) is 0 Å². The first-order valence-electron chi connectivity index (χ1n) is 6.84. The largest absolute Gasteiger partial charge is 0.493 e. The fourth-order valence-corrected chi connectivity index (χ4v) is 3.54. The van der Waals surface area contributed by atoms with Crippen molar-refractivity contribution in [2.24, 2.45) is 0 Å². The summed E-state index contributed by atoms with van der Waals surface area (Å²) in [6, 6.07) is 13.3. The normalized spacial score (nSPS) is 17.0. The van der Waals surface area contributed by atoms with Crippen molar-refractivity contribution < 1.29 is 9.53 Å². The molecule has 2 nitrogen and oxygen atoms in total. The Morgan fingerprint density at radius 2 is 2.10 bits per heavy atom. The number of halogens is 2. The van der Waals surface area contributed by atoms with E-state index in [1.165, 1.54) is 0 Å². The topological polar surface area (TPSA) is 26.3 Å². The number of hydrogen-bond acceptors (Lipinski definition) is 2. The van der Waals surface area contributed by atoms with Crippen LogP contribution in [-0.4, -0.2) is 12.4 Å². The Morgan fingerprint density at radius 1 is 1.29 bits per heavy atom. The molecule has 0 N–H and O–H groups in total. The van der Waals surface area contributed by atoms with Crippen LogP contribution in [-0.2, 0) is 0 Å². The van der Waals surface area contributed by atoms with Crippen LogP contribution in [0.1, 0.15) is 34.7 Å². The van der Waals surface area contributed by atoms with E-state index in [9.17, 15) is 4.79 Å². The van der Waals surface area contributed by atoms with Crippen LogP contribution >= 0.6 is 27.5 Å². The van der Waals surface area contributed by atoms with E-state index in [1.54, 1.807) is 12.1 Å². The molecule has 0 fully saturated rings. The minimum absolute atomic E-state index is 0.111. The highest BCUT2D eigenvalue weighted by Crippen LogP contribution is 2.36. The van der Waals surface area contributed by atoms with Crippen molar-refractivity contribution in [2.75, 3.05) is 6.61 Å². The molecule has 108 valence electrons. The van der Waals surface area contributed by atoms with Gasteiger partial charge in [0.25, 0.3) is 0 Å². The van der Waals surface area contributed by atoms with Gasteiger partial charge in [-0.3, -0.25) is 4.79 Å². The Balaban J connectivity index is 1.82. The molecule has 4 heteroatoms. The Hall–Kier alpha value is -1.32. The fourth-order valence-electron chi connectivity index (χ4n) is 2.68. The molecule has 21 heavy (non-hydrogen) atoms. The average molecular weight is 366 g/mol. The molecular formula is C17H14BrClO2. The molecule has 0 bridgehead atoms. The summed E-state index contributed by atoms with van der Waals surface area (Å²) in [5.74, 6) is 1.22. The van der Waals surface area contributed by atoms with E-state index >= 15 is 0 Å². The van der Waals surface area contributed by atoms with Crippen molar-refractivity contribution in [3.05, 3.63) is 63.1 Å². The molecule has 1 unspecified atom stereocenters. The van der Waals surface area contributed by atoms with Gasteiger partial charge in [0, 0.05) is 21.5 Å². The van der Waals surface area contributed by atoms with Gasteiger partial charge in [-0.1, -0.05) is 45.7 Å². The standard InChI is InChI=1S/C17H14BrClO2/c18-13-7-12(8-14(19)10-13)16(20)9-11-5-6-21-17-4-2-1-3-15(11)17/h1-4,7-8,10-11H,5-6,9H2. The molecule has 1 aliphatic rings. The van der Waals surface area contributed by atoms with Crippen LogP contribution in [0.15, 0.2) is 46.9 Å². The summed E-state index contributed by atoms with van der Waals surface area (Å²) in [6.07, 6.45) is 1.34. The Kier molecular flexibility index (Phi) is 4.32. The van der Waals surface area contributed by atoms with Crippen LogP contribution < -0.4 is 4.74 Å². The number of ketones is 1. The third-order valence-corrected chi connectivity index (χ3v) is 4.38. The highest BCUT2D eigenvalue weighted by atomic mass is 79.9. The molecule has 1 aliphatic heterocycles. The second-order valence-electron chi connectivity index (χ2n) is 5.16. The van der Waals surface area contributed by atoms with Gasteiger partial charge in [0.15, 0.2) is 5.78 Å². The van der Waals surface area contributed by atoms with Crippen molar-refractivity contribution in [2.45, 2.75) is 18.8 Å². The second-order valence-corrected chi connectivity index (χ2v) is 6.51. The number of carbonyl (C=O) groups excluding carboxylic acids is 1. The van der Waals surface area contributed by atoms with E-state index in [4.69, 9.17) is 16.3 Å². The van der Waals surface area contributed by atoms with E-state index in [0.29, 0.717) is 23.6 Å². The smallest absolute Gasteiger partial charge is 0.163 e. The molecule has 0 amide bonds. The van der Waals surface area contributed by atoms with E-state index in [2.05, 4.69) is 15.9 Å². The van der Waals surface area contributed by atoms with Gasteiger partial charge in [-0.25, -0.2) is 0 Å². The number of Topliss-reactive ketones (excluding diaryl/α,β-unsaturated/α-hetero) is 1. The lowest BCUT2D eigenvalue weighted by Crippen LogP contribution is -2.17. The third kappa shape index (κ3) is 3.30. The number of carbonyl (C=O) groups is 1. The first-order chi connectivity index (χ1) is 10.1. The maximum absolute atomic E-state index is 12.5. The van der Waals surface area contributed by atoms with Crippen molar-refractivity contribution >= 4 is 33.3 Å². The summed E-state index contributed by atoms with van der Waals surface area (Å²) in [4.78, 5) is 12.5. The lowest BCUT2D eigenvalue weighted by molar-refractivity contribution is 0.0966. The Labute approximate surface area is 137 Å². The van der Waals surface area contributed by atoms with Crippen LogP contribution in [0.4, 0.5) is 0 Å². The molecule has 0 saturated carbocycles. The summed E-state index contributed by atoms with van der Waals surface area (Å²) in [5.41, 5.74) is 1.77. The number of para-hydroxylation sites is 1. The van der Waals surface area contributed by atoms with E-state index in [0.717, 1.165) is 22.2 Å². The van der Waals surface area contributed by atoms with E-state index < -0.39 is 0 Å². The van der Waals surface area contributed by atoms with Gasteiger partial charge >= 0.3 is 0 Å². The molecule has 0 radical (unpaired) electrons. The molecule has 2 aromatic rings. The molecule has 0 saturated heterocycles. The molecule has 0 aliphatic carbocycles. The van der Waals surface area contributed by atoms with Gasteiger partial charge in [-0.05, 0) is 42.2 Å². The number of benzene rings is 2. The molecule has 2 aromatic carbocycles. The monoisotopic (exact) mass is 364 g/mol. The van der Waals surface area contributed by atoms with Gasteiger partial charge in [-0.2, -0.15) is 0 Å². The predicted molar refractivity (Wildman–Crippen MR) is 87.4 cm³/mol. The molecule has 3 rings (SSSR count). The molecule has 0 spiro atoms. The van der Waals surface area contributed by atoms with E-state index in [-0.39, 0.29) is 11.7 Å². The maximum Gasteiger partial charge on any atom is 0.163 e. The first kappa shape index (κ1) is 14.6. The van der Waals surface area contributed by atoms with Gasteiger partial charge in [0.1, 0.15) is 5.75 Å². The zero-order chi connectivity index (χ0) is 14.8. The lowest BCUT2D eigenvalue weighted by atomic mass is 9.87. The van der Waals surface area contributed by atoms with Gasteiger partial charge in [-0.15, -0.1) is 0 Å². The zero-order valence-electron chi connectivity index (χ0n) is 11.3. The van der Waals surface area contributed by atoms with Gasteiger partial charge in [0.05, 0.1) is 6.61 Å². The summed E-state index contributed by atoms with van der Waals surface area (Å²) in [7, 11) is 0. The number of hydrogen-bond donors (Lipinski definition) is 0. The van der Waals surface area contributed by atoms with Crippen molar-refractivity contribution in [3.63, 3.8) is 0 Å². The summed E-state index contributed by atoms with van der Waals surface area (Å²) < 4.78 is 6.46. The number of ether oxygens (including phenoxy) is 1. The minimum atomic E-state index is 0.111. The summed E-state index contributed by atoms with van der Waals surface area (Å²) >= 11 is 9.39. The second kappa shape index (κ2) is 6.20. The fraction of sp³-hybridized carbons (Fsp3) is 0.235. The van der Waals surface area contributed by atoms with Gasteiger partial charge < -0.3 is 4.74 Å². The maximum atomic E-state index is 12.5. The summed E-state index contributed by atoms with van der Waals surface area (Å²) in [6.45, 7) is 0.661. The first-order valence-corrected chi connectivity index (χ1v) is 8.01. The van der Waals surface area contributed by atoms with Crippen LogP contribution in [0.3, 0.4) is 0 Å². The highest BCUT2D eigenvalue weighted by molar-refractivity contribution is 9.10. The number of rotatable bonds is 3. The lowest BCUT2D eigenvalue weighted by Gasteiger charge is -2.25. The third-order valence-electron chi connectivity index (χ3n) is 3.70. The number of fused-ring (bicyclic) bond motifs is 1. The minimum Gasteiger partial charge on any atom is -0.493 e. The molecule has 0 aromatic heterocycles. The van der Waals surface area contributed by atoms with Crippen LogP contribution in [0.25, 0.3) is 0 Å². The van der Waals surface area contributed by atoms with Crippen LogP contribution in [0.5, 0.6) is 5.75 Å². The molecule has 1 heterocycles. The Bertz CT molecular complexity index is 664. The van der Waals surface area contributed by atoms with Crippen molar-refractivity contribution in [3.8, 4) is 5.75 Å². The summed E-state index contributed by atoms with van der Waals surface area (Å²) in [5, 5.41) is 0.570. The molecular weight excluding hydrogens is 352 g/mol. The molecule has 1 atom stereocenters. The predicted octanol–water partition coefficient (Wildman–Crippen LogP) is 5.24. The van der Waals surface area contributed by atoms with Crippen LogP contribution in [0.2, 0.25) is 5.02 Å². The van der Waals surface area contributed by atoms with Crippen LogP contribution in [0, 0.1) is 0 Å². The Morgan fingerprint density at radius 3 is 2.90 bits per heavy atom.